The van der Waals surface area contributed by atoms with Crippen LogP contribution in [0.4, 0.5) is 0 Å². The first kappa shape index (κ1) is 19.7. The number of Topliss-reactive ketones (excluding diaryl/α,β-unsaturated/α-hetero) is 2. The lowest BCUT2D eigenvalue weighted by Crippen LogP contribution is -2.01. The van der Waals surface area contributed by atoms with E-state index in [4.69, 9.17) is 9.47 Å². The Balaban J connectivity index is 1.55. The van der Waals surface area contributed by atoms with Gasteiger partial charge in [0.2, 0.25) is 0 Å². The van der Waals surface area contributed by atoms with Crippen molar-refractivity contribution in [2.75, 3.05) is 13.2 Å². The van der Waals surface area contributed by atoms with Gasteiger partial charge in [-0.2, -0.15) is 0 Å². The summed E-state index contributed by atoms with van der Waals surface area (Å²) in [6, 6.07) is 14.5. The zero-order chi connectivity index (χ0) is 18.8. The van der Waals surface area contributed by atoms with Crippen molar-refractivity contribution in [3.8, 4) is 11.5 Å². The molecule has 0 fully saturated rings. The summed E-state index contributed by atoms with van der Waals surface area (Å²) in [5.41, 5.74) is 1.38. The second-order valence-corrected chi connectivity index (χ2v) is 6.28. The molecule has 0 aliphatic rings. The first-order valence-corrected chi connectivity index (χ1v) is 9.04. The summed E-state index contributed by atoms with van der Waals surface area (Å²) in [5, 5.41) is 0. The van der Waals surface area contributed by atoms with Crippen LogP contribution in [0.3, 0.4) is 0 Å². The minimum atomic E-state index is 0.0476. The summed E-state index contributed by atoms with van der Waals surface area (Å²) >= 11 is 0. The van der Waals surface area contributed by atoms with Crippen molar-refractivity contribution in [3.05, 3.63) is 59.7 Å². The van der Waals surface area contributed by atoms with Crippen molar-refractivity contribution in [1.29, 1.82) is 0 Å². The van der Waals surface area contributed by atoms with Crippen LogP contribution in [0.15, 0.2) is 48.5 Å². The zero-order valence-corrected chi connectivity index (χ0v) is 15.5. The number of unbranched alkanes of at least 4 members (excludes halogenated alkanes) is 3. The second kappa shape index (κ2) is 10.4. The van der Waals surface area contributed by atoms with E-state index in [9.17, 15) is 9.59 Å². The monoisotopic (exact) mass is 354 g/mol. The summed E-state index contributed by atoms with van der Waals surface area (Å²) in [7, 11) is 0. The smallest absolute Gasteiger partial charge is 0.159 e. The lowest BCUT2D eigenvalue weighted by Gasteiger charge is -2.08. The van der Waals surface area contributed by atoms with Gasteiger partial charge >= 0.3 is 0 Å². The van der Waals surface area contributed by atoms with E-state index in [-0.39, 0.29) is 11.6 Å². The highest BCUT2D eigenvalue weighted by Crippen LogP contribution is 2.15. The van der Waals surface area contributed by atoms with Gasteiger partial charge in [-0.25, -0.2) is 0 Å². The molecular weight excluding hydrogens is 328 g/mol. The normalized spacial score (nSPS) is 10.4. The van der Waals surface area contributed by atoms with Crippen LogP contribution in [-0.4, -0.2) is 24.8 Å². The van der Waals surface area contributed by atoms with Crippen LogP contribution < -0.4 is 9.47 Å². The van der Waals surface area contributed by atoms with E-state index in [1.54, 1.807) is 38.1 Å². The largest absolute Gasteiger partial charge is 0.494 e. The molecule has 4 heteroatoms. The van der Waals surface area contributed by atoms with Gasteiger partial charge in [-0.05, 0) is 75.9 Å². The van der Waals surface area contributed by atoms with Crippen LogP contribution in [0.25, 0.3) is 0 Å². The standard InChI is InChI=1S/C22H26O4/c1-17(23)19-10-12-21(13-11-19)25-14-5-3-4-6-15-26-22-9-7-8-20(16-22)18(2)24/h7-13,16H,3-6,14-15H2,1-2H3. The first-order valence-electron chi connectivity index (χ1n) is 9.04. The number of hydrogen-bond acceptors (Lipinski definition) is 4. The second-order valence-electron chi connectivity index (χ2n) is 6.28. The van der Waals surface area contributed by atoms with E-state index in [0.717, 1.165) is 37.2 Å². The van der Waals surface area contributed by atoms with Crippen molar-refractivity contribution in [1.82, 2.24) is 0 Å². The van der Waals surface area contributed by atoms with Gasteiger partial charge in [0.15, 0.2) is 11.6 Å². The van der Waals surface area contributed by atoms with Crippen molar-refractivity contribution in [3.63, 3.8) is 0 Å². The third kappa shape index (κ3) is 6.71. The maximum absolute atomic E-state index is 11.3. The number of rotatable bonds is 11. The van der Waals surface area contributed by atoms with Crippen LogP contribution in [0, 0.1) is 0 Å². The highest BCUT2D eigenvalue weighted by Gasteiger charge is 2.02. The molecule has 2 rings (SSSR count). The molecule has 0 bridgehead atoms. The molecule has 0 aromatic heterocycles. The minimum Gasteiger partial charge on any atom is -0.494 e. The van der Waals surface area contributed by atoms with Crippen molar-refractivity contribution < 1.29 is 19.1 Å². The molecule has 2 aromatic carbocycles. The Labute approximate surface area is 155 Å². The van der Waals surface area contributed by atoms with Gasteiger partial charge in [0.05, 0.1) is 13.2 Å². The van der Waals surface area contributed by atoms with Crippen LogP contribution >= 0.6 is 0 Å². The minimum absolute atomic E-state index is 0.0476. The predicted molar refractivity (Wildman–Crippen MR) is 102 cm³/mol. The summed E-state index contributed by atoms with van der Waals surface area (Å²) < 4.78 is 11.4. The molecule has 0 aliphatic carbocycles. The Morgan fingerprint density at radius 3 is 1.85 bits per heavy atom. The lowest BCUT2D eigenvalue weighted by molar-refractivity contribution is 0.100. The van der Waals surface area contributed by atoms with Crippen LogP contribution in [-0.2, 0) is 0 Å². The van der Waals surface area contributed by atoms with Gasteiger partial charge in [-0.15, -0.1) is 0 Å². The van der Waals surface area contributed by atoms with Crippen LogP contribution in [0.2, 0.25) is 0 Å². The van der Waals surface area contributed by atoms with Crippen molar-refractivity contribution in [2.45, 2.75) is 39.5 Å². The number of benzene rings is 2. The third-order valence-corrected chi connectivity index (χ3v) is 4.08. The molecule has 0 aliphatic heterocycles. The Bertz CT molecular complexity index is 719. The third-order valence-electron chi connectivity index (χ3n) is 4.08. The van der Waals surface area contributed by atoms with Gasteiger partial charge in [0.25, 0.3) is 0 Å². The number of carbonyl (C=O) groups excluding carboxylic acids is 2. The van der Waals surface area contributed by atoms with Gasteiger partial charge < -0.3 is 9.47 Å². The Kier molecular flexibility index (Phi) is 7.87. The fraction of sp³-hybridized carbons (Fsp3) is 0.364. The molecule has 0 spiro atoms. The van der Waals surface area contributed by atoms with E-state index < -0.39 is 0 Å². The van der Waals surface area contributed by atoms with E-state index in [0.29, 0.717) is 24.3 Å². The summed E-state index contributed by atoms with van der Waals surface area (Å²) in [5.74, 6) is 1.65. The van der Waals surface area contributed by atoms with Crippen molar-refractivity contribution >= 4 is 11.6 Å². The topological polar surface area (TPSA) is 52.6 Å². The number of ether oxygens (including phenoxy) is 2. The van der Waals surface area contributed by atoms with Gasteiger partial charge in [-0.3, -0.25) is 9.59 Å². The molecule has 0 radical (unpaired) electrons. The fourth-order valence-electron chi connectivity index (χ4n) is 2.53. The predicted octanol–water partition coefficient (Wildman–Crippen LogP) is 5.11. The molecule has 138 valence electrons. The summed E-state index contributed by atoms with van der Waals surface area (Å²) in [6.07, 6.45) is 4.09. The highest BCUT2D eigenvalue weighted by atomic mass is 16.5. The van der Waals surface area contributed by atoms with Crippen molar-refractivity contribution in [2.24, 2.45) is 0 Å². The molecule has 0 amide bonds. The van der Waals surface area contributed by atoms with E-state index >= 15 is 0 Å². The fourth-order valence-corrected chi connectivity index (χ4v) is 2.53. The quantitative estimate of drug-likeness (QED) is 0.416. The molecule has 2 aromatic rings. The van der Waals surface area contributed by atoms with Gasteiger partial charge in [-0.1, -0.05) is 12.1 Å². The Morgan fingerprint density at radius 2 is 1.27 bits per heavy atom. The molecule has 0 heterocycles. The summed E-state index contributed by atoms with van der Waals surface area (Å²) in [6.45, 7) is 4.42. The van der Waals surface area contributed by atoms with Crippen LogP contribution in [0.1, 0.15) is 60.2 Å². The number of hydrogen-bond donors (Lipinski definition) is 0. The Morgan fingerprint density at radius 1 is 0.692 bits per heavy atom. The lowest BCUT2D eigenvalue weighted by atomic mass is 10.1. The van der Waals surface area contributed by atoms with E-state index in [1.807, 2.05) is 24.3 Å². The molecule has 0 saturated carbocycles. The number of ketones is 2. The molecule has 0 saturated heterocycles. The van der Waals surface area contributed by atoms with E-state index in [1.165, 1.54) is 0 Å². The number of carbonyl (C=O) groups is 2. The first-order chi connectivity index (χ1) is 12.6. The molecule has 4 nitrogen and oxygen atoms in total. The molecule has 26 heavy (non-hydrogen) atoms. The average Bonchev–Trinajstić information content (AvgIpc) is 2.64. The zero-order valence-electron chi connectivity index (χ0n) is 15.5. The molecule has 0 N–H and O–H groups in total. The maximum Gasteiger partial charge on any atom is 0.159 e. The highest BCUT2D eigenvalue weighted by molar-refractivity contribution is 5.94. The van der Waals surface area contributed by atoms with Gasteiger partial charge in [0, 0.05) is 11.1 Å². The molecular formula is C22H26O4. The SMILES string of the molecule is CC(=O)c1ccc(OCCCCCCOc2cccc(C(C)=O)c2)cc1. The molecule has 0 unspecified atom stereocenters. The average molecular weight is 354 g/mol. The van der Waals surface area contributed by atoms with E-state index in [2.05, 4.69) is 0 Å². The van der Waals surface area contributed by atoms with Crippen LogP contribution in [0.5, 0.6) is 11.5 Å². The molecule has 0 atom stereocenters. The maximum atomic E-state index is 11.3. The summed E-state index contributed by atoms with van der Waals surface area (Å²) in [4.78, 5) is 22.6. The van der Waals surface area contributed by atoms with Gasteiger partial charge in [0.1, 0.15) is 11.5 Å². The Hall–Kier alpha value is -2.62.